The Balaban J connectivity index is 1.61. The molecule has 8 heteroatoms. The predicted octanol–water partition coefficient (Wildman–Crippen LogP) is 4.73. The number of pyridine rings is 1. The van der Waals surface area contributed by atoms with Crippen LogP contribution in [0.25, 0.3) is 0 Å². The van der Waals surface area contributed by atoms with Crippen LogP contribution in [0.2, 0.25) is 10.2 Å². The standard InChI is InChI=1S/C17H16Cl2F3N3/c18-13-3-1-2-12(10-13)11-24-6-8-25(9-7-24)15-5-4-14(16(19)23-15)17(20,21)22/h1-5,10H,6-9,11H2. The SMILES string of the molecule is FC(F)(F)c1ccc(N2CCN(Cc3cccc(Cl)c3)CC2)nc1Cl. The van der Waals surface area contributed by atoms with Crippen molar-refractivity contribution in [3.63, 3.8) is 0 Å². The van der Waals surface area contributed by atoms with Crippen LogP contribution in [0.5, 0.6) is 0 Å². The van der Waals surface area contributed by atoms with Crippen LogP contribution >= 0.6 is 23.2 Å². The molecule has 0 atom stereocenters. The molecule has 1 fully saturated rings. The average Bonchev–Trinajstić information content (AvgIpc) is 2.54. The van der Waals surface area contributed by atoms with Gasteiger partial charge in [-0.1, -0.05) is 35.3 Å². The van der Waals surface area contributed by atoms with Gasteiger partial charge < -0.3 is 4.90 Å². The highest BCUT2D eigenvalue weighted by atomic mass is 35.5. The maximum atomic E-state index is 12.8. The molecule has 2 heterocycles. The van der Waals surface area contributed by atoms with Crippen molar-refractivity contribution in [2.24, 2.45) is 0 Å². The highest BCUT2D eigenvalue weighted by Gasteiger charge is 2.34. The largest absolute Gasteiger partial charge is 0.419 e. The highest BCUT2D eigenvalue weighted by molar-refractivity contribution is 6.30. The summed E-state index contributed by atoms with van der Waals surface area (Å²) in [5, 5.41) is 0.200. The van der Waals surface area contributed by atoms with Crippen LogP contribution in [-0.4, -0.2) is 36.1 Å². The molecule has 25 heavy (non-hydrogen) atoms. The molecular weight excluding hydrogens is 374 g/mol. The van der Waals surface area contributed by atoms with Crippen LogP contribution in [-0.2, 0) is 12.7 Å². The minimum atomic E-state index is -4.49. The molecule has 3 nitrogen and oxygen atoms in total. The van der Waals surface area contributed by atoms with Gasteiger partial charge in [-0.15, -0.1) is 0 Å². The average molecular weight is 390 g/mol. The second-order valence-corrected chi connectivity index (χ2v) is 6.69. The van der Waals surface area contributed by atoms with Crippen molar-refractivity contribution in [2.75, 3.05) is 31.1 Å². The van der Waals surface area contributed by atoms with E-state index in [1.165, 1.54) is 6.07 Å². The van der Waals surface area contributed by atoms with E-state index in [1.807, 2.05) is 29.2 Å². The second kappa shape index (κ2) is 7.40. The number of aromatic nitrogens is 1. The van der Waals surface area contributed by atoms with E-state index < -0.39 is 16.9 Å². The van der Waals surface area contributed by atoms with Crippen LogP contribution < -0.4 is 4.90 Å². The van der Waals surface area contributed by atoms with Gasteiger partial charge in [0.25, 0.3) is 0 Å². The van der Waals surface area contributed by atoms with Gasteiger partial charge >= 0.3 is 6.18 Å². The fourth-order valence-electron chi connectivity index (χ4n) is 2.84. The summed E-state index contributed by atoms with van der Waals surface area (Å²) in [6.07, 6.45) is -4.49. The summed E-state index contributed by atoms with van der Waals surface area (Å²) in [7, 11) is 0. The van der Waals surface area contributed by atoms with E-state index >= 15 is 0 Å². The number of alkyl halides is 3. The third-order valence-corrected chi connectivity index (χ3v) is 4.65. The van der Waals surface area contributed by atoms with Gasteiger partial charge in [0.1, 0.15) is 11.0 Å². The van der Waals surface area contributed by atoms with Crippen LogP contribution in [0.15, 0.2) is 36.4 Å². The van der Waals surface area contributed by atoms with Gasteiger partial charge in [0.2, 0.25) is 0 Å². The van der Waals surface area contributed by atoms with E-state index in [1.54, 1.807) is 0 Å². The molecule has 1 aromatic heterocycles. The molecule has 1 aliphatic heterocycles. The lowest BCUT2D eigenvalue weighted by molar-refractivity contribution is -0.137. The number of halogens is 5. The van der Waals surface area contributed by atoms with E-state index in [-0.39, 0.29) is 0 Å². The lowest BCUT2D eigenvalue weighted by atomic mass is 10.2. The molecule has 0 aliphatic carbocycles. The zero-order chi connectivity index (χ0) is 18.0. The Kier molecular flexibility index (Phi) is 5.41. The lowest BCUT2D eigenvalue weighted by Crippen LogP contribution is -2.46. The van der Waals surface area contributed by atoms with Crippen LogP contribution in [0.4, 0.5) is 19.0 Å². The van der Waals surface area contributed by atoms with E-state index in [0.29, 0.717) is 23.9 Å². The molecule has 2 aromatic rings. The van der Waals surface area contributed by atoms with E-state index in [2.05, 4.69) is 9.88 Å². The van der Waals surface area contributed by atoms with Gasteiger partial charge in [-0.05, 0) is 29.8 Å². The molecular formula is C17H16Cl2F3N3. The molecule has 3 rings (SSSR count). The summed E-state index contributed by atoms with van der Waals surface area (Å²) in [6.45, 7) is 3.71. The fourth-order valence-corrected chi connectivity index (χ4v) is 3.31. The number of nitrogens with zero attached hydrogens (tertiary/aromatic N) is 3. The number of benzene rings is 1. The van der Waals surface area contributed by atoms with Gasteiger partial charge in [-0.2, -0.15) is 13.2 Å². The fraction of sp³-hybridized carbons (Fsp3) is 0.353. The molecule has 0 amide bonds. The first-order chi connectivity index (χ1) is 11.8. The van der Waals surface area contributed by atoms with E-state index in [0.717, 1.165) is 31.3 Å². The highest BCUT2D eigenvalue weighted by Crippen LogP contribution is 2.34. The smallest absolute Gasteiger partial charge is 0.354 e. The molecule has 0 N–H and O–H groups in total. The molecule has 0 radical (unpaired) electrons. The topological polar surface area (TPSA) is 19.4 Å². The van der Waals surface area contributed by atoms with Crippen molar-refractivity contribution < 1.29 is 13.2 Å². The number of hydrogen-bond acceptors (Lipinski definition) is 3. The first kappa shape index (κ1) is 18.3. The monoisotopic (exact) mass is 389 g/mol. The van der Waals surface area contributed by atoms with Crippen molar-refractivity contribution in [2.45, 2.75) is 12.7 Å². The lowest BCUT2D eigenvalue weighted by Gasteiger charge is -2.35. The van der Waals surface area contributed by atoms with E-state index in [4.69, 9.17) is 23.2 Å². The van der Waals surface area contributed by atoms with Gasteiger partial charge in [0.15, 0.2) is 0 Å². The zero-order valence-corrected chi connectivity index (χ0v) is 14.7. The zero-order valence-electron chi connectivity index (χ0n) is 13.2. The molecule has 1 aromatic carbocycles. The molecule has 0 bridgehead atoms. The molecule has 1 saturated heterocycles. The number of anilines is 1. The first-order valence-electron chi connectivity index (χ1n) is 7.78. The maximum Gasteiger partial charge on any atom is 0.419 e. The number of rotatable bonds is 3. The number of hydrogen-bond donors (Lipinski definition) is 0. The van der Waals surface area contributed by atoms with Gasteiger partial charge in [-0.3, -0.25) is 4.90 Å². The van der Waals surface area contributed by atoms with Crippen molar-refractivity contribution in [3.8, 4) is 0 Å². The first-order valence-corrected chi connectivity index (χ1v) is 8.54. The van der Waals surface area contributed by atoms with Crippen molar-refractivity contribution in [1.29, 1.82) is 0 Å². The van der Waals surface area contributed by atoms with Crippen LogP contribution in [0, 0.1) is 0 Å². The van der Waals surface area contributed by atoms with E-state index in [9.17, 15) is 13.2 Å². The quantitative estimate of drug-likeness (QED) is 0.707. The Hall–Kier alpha value is -1.50. The summed E-state index contributed by atoms with van der Waals surface area (Å²) in [4.78, 5) is 8.14. The summed E-state index contributed by atoms with van der Waals surface area (Å²) in [5.74, 6) is 0.473. The minimum absolute atomic E-state index is 0.473. The molecule has 134 valence electrons. The number of piperazine rings is 1. The van der Waals surface area contributed by atoms with Crippen molar-refractivity contribution in [1.82, 2.24) is 9.88 Å². The van der Waals surface area contributed by atoms with Gasteiger partial charge in [-0.25, -0.2) is 4.98 Å². The van der Waals surface area contributed by atoms with Crippen molar-refractivity contribution >= 4 is 29.0 Å². The summed E-state index contributed by atoms with van der Waals surface area (Å²) < 4.78 is 38.3. The third-order valence-electron chi connectivity index (χ3n) is 4.13. The minimum Gasteiger partial charge on any atom is -0.354 e. The Bertz CT molecular complexity index is 744. The molecule has 0 saturated carbocycles. The normalized spacial score (nSPS) is 16.3. The van der Waals surface area contributed by atoms with Crippen LogP contribution in [0.3, 0.4) is 0 Å². The second-order valence-electron chi connectivity index (χ2n) is 5.90. The molecule has 0 unspecified atom stereocenters. The Morgan fingerprint density at radius 2 is 1.72 bits per heavy atom. The summed E-state index contributed by atoms with van der Waals surface area (Å²) in [5.41, 5.74) is 0.231. The van der Waals surface area contributed by atoms with Crippen molar-refractivity contribution in [3.05, 3.63) is 57.7 Å². The molecule has 1 aliphatic rings. The van der Waals surface area contributed by atoms with Gasteiger partial charge in [0.05, 0.1) is 5.56 Å². The van der Waals surface area contributed by atoms with Gasteiger partial charge in [0, 0.05) is 37.7 Å². The summed E-state index contributed by atoms with van der Waals surface area (Å²) in [6, 6.07) is 10.1. The Morgan fingerprint density at radius 1 is 1.00 bits per heavy atom. The maximum absolute atomic E-state index is 12.8. The van der Waals surface area contributed by atoms with Crippen LogP contribution in [0.1, 0.15) is 11.1 Å². The molecule has 0 spiro atoms. The predicted molar refractivity (Wildman–Crippen MR) is 93.2 cm³/mol. The Morgan fingerprint density at radius 3 is 2.32 bits per heavy atom. The summed E-state index contributed by atoms with van der Waals surface area (Å²) >= 11 is 11.7. The Labute approximate surface area is 154 Å². The third kappa shape index (κ3) is 4.57.